The first-order valence-electron chi connectivity index (χ1n) is 4.54. The molecule has 0 spiro atoms. The Morgan fingerprint density at radius 3 is 2.92 bits per heavy atom. The van der Waals surface area contributed by atoms with Gasteiger partial charge in [-0.3, -0.25) is 4.68 Å². The van der Waals surface area contributed by atoms with Crippen molar-refractivity contribution in [2.45, 2.75) is 20.4 Å². The van der Waals surface area contributed by atoms with E-state index in [2.05, 4.69) is 18.9 Å². The molecule has 0 aliphatic heterocycles. The standard InChI is InChI=1S/C9H17N3O/c1-8(2)7-13-4-3-12-6-9(10)5-11-12/h5-6,8H,3-4,7,10H2,1-2H3. The van der Waals surface area contributed by atoms with Crippen LogP contribution in [-0.2, 0) is 11.3 Å². The van der Waals surface area contributed by atoms with Crippen molar-refractivity contribution in [3.8, 4) is 0 Å². The molecule has 0 saturated heterocycles. The fraction of sp³-hybridized carbons (Fsp3) is 0.667. The Morgan fingerprint density at radius 2 is 2.38 bits per heavy atom. The van der Waals surface area contributed by atoms with Crippen molar-refractivity contribution in [2.24, 2.45) is 5.92 Å². The minimum Gasteiger partial charge on any atom is -0.396 e. The Labute approximate surface area is 78.7 Å². The molecular weight excluding hydrogens is 166 g/mol. The van der Waals surface area contributed by atoms with Gasteiger partial charge in [-0.05, 0) is 5.92 Å². The van der Waals surface area contributed by atoms with Gasteiger partial charge in [0.25, 0.3) is 0 Å². The minimum absolute atomic E-state index is 0.586. The number of rotatable bonds is 5. The van der Waals surface area contributed by atoms with Gasteiger partial charge in [-0.2, -0.15) is 5.10 Å². The van der Waals surface area contributed by atoms with Crippen LogP contribution in [0.3, 0.4) is 0 Å². The van der Waals surface area contributed by atoms with Gasteiger partial charge in [-0.1, -0.05) is 13.8 Å². The number of ether oxygens (including phenoxy) is 1. The lowest BCUT2D eigenvalue weighted by Gasteiger charge is -2.06. The number of hydrogen-bond acceptors (Lipinski definition) is 3. The SMILES string of the molecule is CC(C)COCCn1cc(N)cn1. The maximum absolute atomic E-state index is 5.51. The van der Waals surface area contributed by atoms with Gasteiger partial charge in [-0.15, -0.1) is 0 Å². The van der Waals surface area contributed by atoms with Crippen LogP contribution in [-0.4, -0.2) is 23.0 Å². The van der Waals surface area contributed by atoms with Crippen LogP contribution in [0.2, 0.25) is 0 Å². The summed E-state index contributed by atoms with van der Waals surface area (Å²) in [6.07, 6.45) is 3.45. The number of anilines is 1. The van der Waals surface area contributed by atoms with Gasteiger partial charge < -0.3 is 10.5 Å². The van der Waals surface area contributed by atoms with Crippen molar-refractivity contribution < 1.29 is 4.74 Å². The predicted octanol–water partition coefficient (Wildman–Crippen LogP) is 1.14. The third-order valence-corrected chi connectivity index (χ3v) is 1.57. The topological polar surface area (TPSA) is 53.1 Å². The fourth-order valence-corrected chi connectivity index (χ4v) is 0.979. The Balaban J connectivity index is 2.13. The monoisotopic (exact) mass is 183 g/mol. The zero-order valence-electron chi connectivity index (χ0n) is 8.23. The Morgan fingerprint density at radius 1 is 1.62 bits per heavy atom. The summed E-state index contributed by atoms with van der Waals surface area (Å²) in [5.74, 6) is 0.586. The van der Waals surface area contributed by atoms with E-state index in [-0.39, 0.29) is 0 Å². The zero-order chi connectivity index (χ0) is 9.68. The van der Waals surface area contributed by atoms with E-state index in [1.54, 1.807) is 17.1 Å². The summed E-state index contributed by atoms with van der Waals surface area (Å²) < 4.78 is 7.19. The molecule has 1 aromatic rings. The van der Waals surface area contributed by atoms with Crippen molar-refractivity contribution in [2.75, 3.05) is 18.9 Å². The summed E-state index contributed by atoms with van der Waals surface area (Å²) in [4.78, 5) is 0. The lowest BCUT2D eigenvalue weighted by atomic mass is 10.2. The molecular formula is C9H17N3O. The van der Waals surface area contributed by atoms with Crippen LogP contribution >= 0.6 is 0 Å². The molecule has 2 N–H and O–H groups in total. The van der Waals surface area contributed by atoms with E-state index in [9.17, 15) is 0 Å². The molecule has 4 nitrogen and oxygen atoms in total. The molecule has 0 aliphatic carbocycles. The van der Waals surface area contributed by atoms with Crippen molar-refractivity contribution >= 4 is 5.69 Å². The van der Waals surface area contributed by atoms with Crippen LogP contribution in [0.5, 0.6) is 0 Å². The van der Waals surface area contributed by atoms with Gasteiger partial charge in [0.1, 0.15) is 0 Å². The van der Waals surface area contributed by atoms with E-state index in [1.807, 2.05) is 0 Å². The highest BCUT2D eigenvalue weighted by Crippen LogP contribution is 1.98. The average molecular weight is 183 g/mol. The molecule has 0 bridgehead atoms. The molecule has 1 rings (SSSR count). The van der Waals surface area contributed by atoms with Gasteiger partial charge in [-0.25, -0.2) is 0 Å². The summed E-state index contributed by atoms with van der Waals surface area (Å²) in [7, 11) is 0. The molecule has 0 aliphatic rings. The normalized spacial score (nSPS) is 11.0. The van der Waals surface area contributed by atoms with E-state index in [0.717, 1.165) is 13.2 Å². The van der Waals surface area contributed by atoms with E-state index in [4.69, 9.17) is 10.5 Å². The van der Waals surface area contributed by atoms with Crippen LogP contribution in [0.25, 0.3) is 0 Å². The Kier molecular flexibility index (Phi) is 3.76. The summed E-state index contributed by atoms with van der Waals surface area (Å²) >= 11 is 0. The van der Waals surface area contributed by atoms with Crippen molar-refractivity contribution in [1.82, 2.24) is 9.78 Å². The number of nitrogens with zero attached hydrogens (tertiary/aromatic N) is 2. The highest BCUT2D eigenvalue weighted by atomic mass is 16.5. The van der Waals surface area contributed by atoms with Gasteiger partial charge in [0.15, 0.2) is 0 Å². The molecule has 1 aromatic heterocycles. The second-order valence-corrected chi connectivity index (χ2v) is 3.51. The molecule has 0 aromatic carbocycles. The number of nitrogen functional groups attached to an aromatic ring is 1. The van der Waals surface area contributed by atoms with Gasteiger partial charge >= 0.3 is 0 Å². The smallest absolute Gasteiger partial charge is 0.0719 e. The second kappa shape index (κ2) is 4.87. The summed E-state index contributed by atoms with van der Waals surface area (Å²) in [6, 6.07) is 0. The molecule has 0 fully saturated rings. The van der Waals surface area contributed by atoms with Crippen molar-refractivity contribution in [3.05, 3.63) is 12.4 Å². The number of nitrogens with two attached hydrogens (primary N) is 1. The minimum atomic E-state index is 0.586. The predicted molar refractivity (Wildman–Crippen MR) is 52.3 cm³/mol. The highest BCUT2D eigenvalue weighted by molar-refractivity contribution is 5.30. The fourth-order valence-electron chi connectivity index (χ4n) is 0.979. The molecule has 74 valence electrons. The Hall–Kier alpha value is -1.03. The zero-order valence-corrected chi connectivity index (χ0v) is 8.23. The van der Waals surface area contributed by atoms with Crippen LogP contribution < -0.4 is 5.73 Å². The second-order valence-electron chi connectivity index (χ2n) is 3.51. The summed E-state index contributed by atoms with van der Waals surface area (Å²) in [5.41, 5.74) is 6.20. The first-order valence-corrected chi connectivity index (χ1v) is 4.54. The number of hydrogen-bond donors (Lipinski definition) is 1. The molecule has 1 heterocycles. The lowest BCUT2D eigenvalue weighted by molar-refractivity contribution is 0.101. The van der Waals surface area contributed by atoms with Crippen LogP contribution in [0, 0.1) is 5.92 Å². The third kappa shape index (κ3) is 3.94. The maximum atomic E-state index is 5.51. The van der Waals surface area contributed by atoms with Crippen LogP contribution in [0.1, 0.15) is 13.8 Å². The summed E-state index contributed by atoms with van der Waals surface area (Å²) in [6.45, 7) is 6.53. The van der Waals surface area contributed by atoms with Crippen LogP contribution in [0.15, 0.2) is 12.4 Å². The largest absolute Gasteiger partial charge is 0.396 e. The molecule has 4 heteroatoms. The van der Waals surface area contributed by atoms with E-state index in [1.165, 1.54) is 0 Å². The molecule has 0 unspecified atom stereocenters. The molecule has 0 atom stereocenters. The molecule has 13 heavy (non-hydrogen) atoms. The quantitative estimate of drug-likeness (QED) is 0.696. The first-order chi connectivity index (χ1) is 6.18. The van der Waals surface area contributed by atoms with Crippen molar-refractivity contribution in [1.29, 1.82) is 0 Å². The Bertz CT molecular complexity index is 245. The van der Waals surface area contributed by atoms with Crippen LogP contribution in [0.4, 0.5) is 5.69 Å². The van der Waals surface area contributed by atoms with Crippen molar-refractivity contribution in [3.63, 3.8) is 0 Å². The summed E-state index contributed by atoms with van der Waals surface area (Å²) in [5, 5.41) is 4.04. The van der Waals surface area contributed by atoms with Gasteiger partial charge in [0.05, 0.1) is 25.0 Å². The van der Waals surface area contributed by atoms with E-state index >= 15 is 0 Å². The lowest BCUT2D eigenvalue weighted by Crippen LogP contribution is -2.09. The maximum Gasteiger partial charge on any atom is 0.0719 e. The first kappa shape index (κ1) is 10.1. The highest BCUT2D eigenvalue weighted by Gasteiger charge is 1.96. The average Bonchev–Trinajstić information content (AvgIpc) is 2.45. The van der Waals surface area contributed by atoms with E-state index in [0.29, 0.717) is 18.2 Å². The molecule has 0 saturated carbocycles. The van der Waals surface area contributed by atoms with Gasteiger partial charge in [0, 0.05) is 12.8 Å². The van der Waals surface area contributed by atoms with E-state index < -0.39 is 0 Å². The molecule has 0 radical (unpaired) electrons. The molecule has 0 amide bonds. The number of aromatic nitrogens is 2. The third-order valence-electron chi connectivity index (χ3n) is 1.57. The van der Waals surface area contributed by atoms with Gasteiger partial charge in [0.2, 0.25) is 0 Å².